The highest BCUT2D eigenvalue weighted by Crippen LogP contribution is 2.63. The van der Waals surface area contributed by atoms with Gasteiger partial charge in [0, 0.05) is 48.2 Å². The Morgan fingerprint density at radius 2 is 0.859 bits per heavy atom. The lowest BCUT2D eigenvalue weighted by molar-refractivity contribution is 0.726. The Morgan fingerprint density at radius 1 is 0.328 bits per heavy atom. The van der Waals surface area contributed by atoms with Crippen LogP contribution < -0.4 is 0 Å². The quantitative estimate of drug-likeness (QED) is 0.162. The lowest BCUT2D eigenvalue weighted by atomic mass is 9.67. The Morgan fingerprint density at radius 3 is 1.55 bits per heavy atom. The highest BCUT2D eigenvalue weighted by atomic mass is 32.2. The molecule has 0 saturated heterocycles. The average Bonchev–Trinajstić information content (AvgIpc) is 3.67. The van der Waals surface area contributed by atoms with Crippen LogP contribution in [0.5, 0.6) is 0 Å². The summed E-state index contributed by atoms with van der Waals surface area (Å²) < 4.78 is 0. The maximum absolute atomic E-state index is 5.47. The molecule has 0 N–H and O–H groups in total. The van der Waals surface area contributed by atoms with Gasteiger partial charge in [-0.05, 0) is 74.8 Å². The number of benzene rings is 9. The molecule has 0 saturated carbocycles. The first kappa shape index (κ1) is 36.6. The molecule has 11 aromatic rings. The van der Waals surface area contributed by atoms with Gasteiger partial charge in [-0.3, -0.25) is 0 Å². The zero-order chi connectivity index (χ0) is 42.2. The highest BCUT2D eigenvalue weighted by molar-refractivity contribution is 7.99. The molecule has 1 spiro atoms. The third-order valence-corrected chi connectivity index (χ3v) is 14.2. The fourth-order valence-electron chi connectivity index (χ4n) is 10.2. The summed E-state index contributed by atoms with van der Waals surface area (Å²) in [6.07, 6.45) is 0. The van der Waals surface area contributed by atoms with Gasteiger partial charge < -0.3 is 0 Å². The second-order valence-corrected chi connectivity index (χ2v) is 17.5. The fourth-order valence-corrected chi connectivity index (χ4v) is 11.5. The first-order chi connectivity index (χ1) is 31.7. The molecule has 3 heterocycles. The zero-order valence-electron chi connectivity index (χ0n) is 34.5. The van der Waals surface area contributed by atoms with Crippen LogP contribution in [0.3, 0.4) is 0 Å². The van der Waals surface area contributed by atoms with Crippen LogP contribution in [0.4, 0.5) is 0 Å². The molecule has 13 rings (SSSR count). The molecule has 1 aliphatic heterocycles. The van der Waals surface area contributed by atoms with Gasteiger partial charge in [0.25, 0.3) is 0 Å². The number of hydrogen-bond donors (Lipinski definition) is 0. The van der Waals surface area contributed by atoms with Gasteiger partial charge in [-0.15, -0.1) is 0 Å². The first-order valence-electron chi connectivity index (χ1n) is 21.6. The van der Waals surface area contributed by atoms with E-state index in [2.05, 4.69) is 194 Å². The van der Waals surface area contributed by atoms with Crippen LogP contribution in [0, 0.1) is 0 Å². The van der Waals surface area contributed by atoms with Crippen LogP contribution in [0.2, 0.25) is 0 Å². The normalized spacial score (nSPS) is 13.1. The molecule has 2 aromatic heterocycles. The molecular formula is C59H36N4S. The van der Waals surface area contributed by atoms with Crippen LogP contribution in [0.1, 0.15) is 22.3 Å². The SMILES string of the molecule is c1ccc(-c2cccc(-c3nc(-c4ccccc4)nc(-c4ccc5nc(-c6ccccc6)c6ccc7c(c6c5c4)Sc4ccccc4C74c5ccccc5-c5ccccc54)n3)c2)cc1. The molecular weight excluding hydrogens is 797 g/mol. The van der Waals surface area contributed by atoms with Crippen molar-refractivity contribution >= 4 is 33.4 Å². The monoisotopic (exact) mass is 832 g/mol. The second-order valence-electron chi connectivity index (χ2n) is 16.5. The van der Waals surface area contributed by atoms with E-state index in [9.17, 15) is 0 Å². The predicted octanol–water partition coefficient (Wildman–Crippen LogP) is 14.7. The van der Waals surface area contributed by atoms with E-state index >= 15 is 0 Å². The summed E-state index contributed by atoms with van der Waals surface area (Å²) in [7, 11) is 0. The van der Waals surface area contributed by atoms with E-state index in [4.69, 9.17) is 19.9 Å². The van der Waals surface area contributed by atoms with Crippen LogP contribution in [0.25, 0.3) is 89.4 Å². The van der Waals surface area contributed by atoms with Gasteiger partial charge in [0.15, 0.2) is 17.5 Å². The Balaban J connectivity index is 1.10. The maximum Gasteiger partial charge on any atom is 0.164 e. The summed E-state index contributed by atoms with van der Waals surface area (Å²) >= 11 is 1.87. The topological polar surface area (TPSA) is 51.6 Å². The van der Waals surface area contributed by atoms with E-state index in [1.807, 2.05) is 36.0 Å². The molecule has 1 aliphatic carbocycles. The van der Waals surface area contributed by atoms with E-state index < -0.39 is 5.41 Å². The van der Waals surface area contributed by atoms with Gasteiger partial charge in [-0.25, -0.2) is 19.9 Å². The summed E-state index contributed by atoms with van der Waals surface area (Å²) in [5, 5.41) is 3.34. The number of pyridine rings is 1. The van der Waals surface area contributed by atoms with E-state index in [1.165, 1.54) is 48.6 Å². The number of hydrogen-bond acceptors (Lipinski definition) is 5. The van der Waals surface area contributed by atoms with Gasteiger partial charge >= 0.3 is 0 Å². The summed E-state index contributed by atoms with van der Waals surface area (Å²) in [4.78, 5) is 23.5. The van der Waals surface area contributed by atoms with Crippen LogP contribution in [-0.2, 0) is 5.41 Å². The molecule has 0 atom stereocenters. The molecule has 298 valence electrons. The molecule has 2 aliphatic rings. The van der Waals surface area contributed by atoms with Crippen molar-refractivity contribution in [2.24, 2.45) is 0 Å². The van der Waals surface area contributed by atoms with Gasteiger partial charge in [0.05, 0.1) is 16.6 Å². The van der Waals surface area contributed by atoms with Crippen LogP contribution in [-0.4, -0.2) is 19.9 Å². The van der Waals surface area contributed by atoms with Gasteiger partial charge in [-0.1, -0.05) is 200 Å². The smallest absolute Gasteiger partial charge is 0.164 e. The van der Waals surface area contributed by atoms with Crippen molar-refractivity contribution in [2.75, 3.05) is 0 Å². The lowest BCUT2D eigenvalue weighted by Gasteiger charge is -2.40. The van der Waals surface area contributed by atoms with Crippen molar-refractivity contribution in [2.45, 2.75) is 15.2 Å². The molecule has 5 heteroatoms. The van der Waals surface area contributed by atoms with Crippen molar-refractivity contribution < 1.29 is 0 Å². The predicted molar refractivity (Wildman–Crippen MR) is 261 cm³/mol. The van der Waals surface area contributed by atoms with Gasteiger partial charge in [-0.2, -0.15) is 0 Å². The summed E-state index contributed by atoms with van der Waals surface area (Å²) in [5.74, 6) is 1.85. The summed E-state index contributed by atoms with van der Waals surface area (Å²) in [6, 6.07) is 77.9. The molecule has 64 heavy (non-hydrogen) atoms. The van der Waals surface area contributed by atoms with E-state index in [0.717, 1.165) is 55.4 Å². The molecule has 0 fully saturated rings. The maximum atomic E-state index is 5.47. The third-order valence-electron chi connectivity index (χ3n) is 13.0. The van der Waals surface area contributed by atoms with E-state index in [-0.39, 0.29) is 0 Å². The Kier molecular flexibility index (Phi) is 8.33. The molecule has 4 nitrogen and oxygen atoms in total. The third kappa shape index (κ3) is 5.57. The fraction of sp³-hybridized carbons (Fsp3) is 0.0169. The van der Waals surface area contributed by atoms with Crippen LogP contribution >= 0.6 is 11.8 Å². The number of rotatable bonds is 5. The van der Waals surface area contributed by atoms with Crippen molar-refractivity contribution in [1.82, 2.24) is 19.9 Å². The molecule has 9 aromatic carbocycles. The number of nitrogens with zero attached hydrogens (tertiary/aromatic N) is 4. The number of fused-ring (bicyclic) bond motifs is 13. The minimum atomic E-state index is -0.513. The van der Waals surface area contributed by atoms with Gasteiger partial charge in [0.1, 0.15) is 0 Å². The molecule has 0 unspecified atom stereocenters. The van der Waals surface area contributed by atoms with E-state index in [0.29, 0.717) is 17.5 Å². The summed E-state index contributed by atoms with van der Waals surface area (Å²) in [6.45, 7) is 0. The molecule has 0 radical (unpaired) electrons. The second kappa shape index (κ2) is 14.6. The Labute approximate surface area is 375 Å². The number of aromatic nitrogens is 4. The Bertz CT molecular complexity index is 3600. The van der Waals surface area contributed by atoms with E-state index in [1.54, 1.807) is 0 Å². The Hall–Kier alpha value is -7.99. The molecule has 0 amide bonds. The minimum absolute atomic E-state index is 0.513. The van der Waals surface area contributed by atoms with Gasteiger partial charge in [0.2, 0.25) is 0 Å². The van der Waals surface area contributed by atoms with Crippen molar-refractivity contribution in [3.63, 3.8) is 0 Å². The zero-order valence-corrected chi connectivity index (χ0v) is 35.3. The average molecular weight is 833 g/mol. The minimum Gasteiger partial charge on any atom is -0.247 e. The highest BCUT2D eigenvalue weighted by Gasteiger charge is 2.50. The standard InChI is InChI=1S/C59H36N4S/c1-4-17-37(18-5-1)40-23-16-24-41(35-40)57-61-56(39-21-8-3-9-22-39)62-58(63-57)42-31-34-51-46(36-42)53-45(54(60-51)38-19-6-2-7-20-38)32-33-50-55(53)64-52-30-15-14-29-49(52)59(50)47-27-12-10-25-43(47)44-26-11-13-28-48(44)59/h1-36H. The van der Waals surface area contributed by atoms with Crippen molar-refractivity contribution in [3.05, 3.63) is 241 Å². The van der Waals surface area contributed by atoms with Crippen molar-refractivity contribution in [3.8, 4) is 67.7 Å². The lowest BCUT2D eigenvalue weighted by Crippen LogP contribution is -2.32. The largest absolute Gasteiger partial charge is 0.247 e. The summed E-state index contributed by atoms with van der Waals surface area (Å²) in [5.41, 5.74) is 15.2. The van der Waals surface area contributed by atoms with Crippen molar-refractivity contribution in [1.29, 1.82) is 0 Å². The first-order valence-corrected chi connectivity index (χ1v) is 22.4. The van der Waals surface area contributed by atoms with Crippen LogP contribution in [0.15, 0.2) is 228 Å². The molecule has 0 bridgehead atoms.